The molecule has 1 aliphatic rings. The highest BCUT2D eigenvalue weighted by atomic mass is 32.2. The van der Waals surface area contributed by atoms with Crippen molar-refractivity contribution < 1.29 is 8.42 Å². The molecule has 118 valence electrons. The minimum atomic E-state index is -3.43. The number of nitrogens with two attached hydrogens (primary N) is 1. The van der Waals surface area contributed by atoms with E-state index in [-0.39, 0.29) is 6.04 Å². The maximum Gasteiger partial charge on any atom is 0.243 e. The van der Waals surface area contributed by atoms with Gasteiger partial charge in [0, 0.05) is 19.1 Å². The molecule has 0 aromatic heterocycles. The molecule has 21 heavy (non-hydrogen) atoms. The van der Waals surface area contributed by atoms with Gasteiger partial charge < -0.3 is 5.73 Å². The molecule has 0 bridgehead atoms. The Bertz CT molecular complexity index is 540. The first-order chi connectivity index (χ1) is 10.1. The molecule has 1 unspecified atom stereocenters. The lowest BCUT2D eigenvalue weighted by atomic mass is 10.1. The molecular formula is C16H26N2O2S. The second-order valence-electron chi connectivity index (χ2n) is 5.75. The summed E-state index contributed by atoms with van der Waals surface area (Å²) in [6.07, 6.45) is 5.97. The highest BCUT2D eigenvalue weighted by molar-refractivity contribution is 7.89. The van der Waals surface area contributed by atoms with E-state index in [1.807, 2.05) is 12.1 Å². The fourth-order valence-corrected chi connectivity index (χ4v) is 4.66. The Hall–Kier alpha value is -0.910. The quantitative estimate of drug-likeness (QED) is 0.909. The van der Waals surface area contributed by atoms with Gasteiger partial charge in [-0.25, -0.2) is 8.42 Å². The third kappa shape index (κ3) is 3.84. The normalized spacial score (nSPS) is 21.1. The molecule has 0 saturated carbocycles. The molecule has 2 N–H and O–H groups in total. The van der Waals surface area contributed by atoms with Gasteiger partial charge in [-0.3, -0.25) is 0 Å². The zero-order chi connectivity index (χ0) is 15.3. The van der Waals surface area contributed by atoms with Crippen LogP contribution in [0, 0.1) is 0 Å². The Morgan fingerprint density at radius 1 is 1.19 bits per heavy atom. The van der Waals surface area contributed by atoms with Crippen molar-refractivity contribution in [1.29, 1.82) is 0 Å². The minimum Gasteiger partial charge on any atom is -0.329 e. The van der Waals surface area contributed by atoms with Gasteiger partial charge in [0.25, 0.3) is 0 Å². The maximum atomic E-state index is 12.8. The number of rotatable bonds is 5. The first-order valence-corrected chi connectivity index (χ1v) is 9.34. The van der Waals surface area contributed by atoms with Gasteiger partial charge in [0.2, 0.25) is 10.0 Å². The van der Waals surface area contributed by atoms with Gasteiger partial charge in [0.05, 0.1) is 4.90 Å². The first kappa shape index (κ1) is 16.5. The summed E-state index contributed by atoms with van der Waals surface area (Å²) in [4.78, 5) is 0.391. The molecule has 2 rings (SSSR count). The van der Waals surface area contributed by atoms with Gasteiger partial charge >= 0.3 is 0 Å². The number of hydrogen-bond acceptors (Lipinski definition) is 3. The van der Waals surface area contributed by atoms with Crippen LogP contribution in [0.15, 0.2) is 29.2 Å². The van der Waals surface area contributed by atoms with Crippen molar-refractivity contribution in [2.24, 2.45) is 5.73 Å². The number of sulfonamides is 1. The van der Waals surface area contributed by atoms with Gasteiger partial charge in [-0.15, -0.1) is 0 Å². The van der Waals surface area contributed by atoms with E-state index in [1.165, 1.54) is 5.56 Å². The zero-order valence-corrected chi connectivity index (χ0v) is 13.6. The van der Waals surface area contributed by atoms with Gasteiger partial charge in [-0.1, -0.05) is 38.3 Å². The smallest absolute Gasteiger partial charge is 0.243 e. The number of benzene rings is 1. The molecule has 1 heterocycles. The van der Waals surface area contributed by atoms with E-state index in [4.69, 9.17) is 5.73 Å². The van der Waals surface area contributed by atoms with Crippen molar-refractivity contribution in [3.8, 4) is 0 Å². The summed E-state index contributed by atoms with van der Waals surface area (Å²) in [5, 5.41) is 0. The topological polar surface area (TPSA) is 63.4 Å². The first-order valence-electron chi connectivity index (χ1n) is 7.90. The second kappa shape index (κ2) is 7.38. The summed E-state index contributed by atoms with van der Waals surface area (Å²) >= 11 is 0. The molecule has 1 aliphatic heterocycles. The molecule has 0 amide bonds. The van der Waals surface area contributed by atoms with Crippen molar-refractivity contribution >= 4 is 10.0 Å². The van der Waals surface area contributed by atoms with E-state index in [0.717, 1.165) is 38.5 Å². The van der Waals surface area contributed by atoms with Crippen molar-refractivity contribution in [3.05, 3.63) is 29.8 Å². The Kier molecular flexibility index (Phi) is 5.79. The van der Waals surface area contributed by atoms with Crippen LogP contribution in [0.1, 0.15) is 44.6 Å². The molecule has 1 saturated heterocycles. The average molecular weight is 310 g/mol. The number of nitrogens with zero attached hydrogens (tertiary/aromatic N) is 1. The molecule has 1 atom stereocenters. The lowest BCUT2D eigenvalue weighted by Crippen LogP contribution is -2.44. The summed E-state index contributed by atoms with van der Waals surface area (Å²) in [7, 11) is -3.43. The van der Waals surface area contributed by atoms with E-state index in [0.29, 0.717) is 18.0 Å². The lowest BCUT2D eigenvalue weighted by Gasteiger charge is -2.28. The Balaban J connectivity index is 2.26. The fraction of sp³-hybridized carbons (Fsp3) is 0.625. The molecule has 0 spiro atoms. The van der Waals surface area contributed by atoms with Crippen LogP contribution in [0.25, 0.3) is 0 Å². The Morgan fingerprint density at radius 3 is 2.52 bits per heavy atom. The molecule has 5 heteroatoms. The van der Waals surface area contributed by atoms with Gasteiger partial charge in [0.1, 0.15) is 0 Å². The summed E-state index contributed by atoms with van der Waals surface area (Å²) in [6.45, 7) is 3.10. The Labute approximate surface area is 128 Å². The van der Waals surface area contributed by atoms with Crippen molar-refractivity contribution in [1.82, 2.24) is 4.31 Å². The number of hydrogen-bond donors (Lipinski definition) is 1. The highest BCUT2D eigenvalue weighted by Gasteiger charge is 2.31. The standard InChI is InChI=1S/C16H26N2O2S/c1-2-6-14-8-10-16(11-9-14)21(19,20)18-12-5-3-4-7-15(18)13-17/h8-11,15H,2-7,12-13,17H2,1H3. The van der Waals surface area contributed by atoms with Crippen LogP contribution in [0.5, 0.6) is 0 Å². The lowest BCUT2D eigenvalue weighted by molar-refractivity contribution is 0.328. The third-order valence-corrected chi connectivity index (χ3v) is 6.13. The molecule has 1 aromatic rings. The van der Waals surface area contributed by atoms with Gasteiger partial charge in [0.15, 0.2) is 0 Å². The van der Waals surface area contributed by atoms with E-state index < -0.39 is 10.0 Å². The third-order valence-electron chi connectivity index (χ3n) is 4.16. The van der Waals surface area contributed by atoms with Crippen LogP contribution in [0.2, 0.25) is 0 Å². The highest BCUT2D eigenvalue weighted by Crippen LogP contribution is 2.24. The average Bonchev–Trinajstić information content (AvgIpc) is 2.73. The van der Waals surface area contributed by atoms with Crippen LogP contribution in [0.3, 0.4) is 0 Å². The van der Waals surface area contributed by atoms with E-state index in [1.54, 1.807) is 16.4 Å². The largest absolute Gasteiger partial charge is 0.329 e. The minimum absolute atomic E-state index is 0.0622. The summed E-state index contributed by atoms with van der Waals surface area (Å²) < 4.78 is 27.3. The summed E-state index contributed by atoms with van der Waals surface area (Å²) in [5.74, 6) is 0. The zero-order valence-electron chi connectivity index (χ0n) is 12.8. The van der Waals surface area contributed by atoms with Crippen LogP contribution in [-0.2, 0) is 16.4 Å². The maximum absolute atomic E-state index is 12.8. The van der Waals surface area contributed by atoms with Crippen molar-refractivity contribution in [3.63, 3.8) is 0 Å². The van der Waals surface area contributed by atoms with Crippen LogP contribution < -0.4 is 5.73 Å². The molecule has 1 aromatic carbocycles. The molecule has 0 radical (unpaired) electrons. The van der Waals surface area contributed by atoms with Crippen LogP contribution in [-0.4, -0.2) is 31.9 Å². The monoisotopic (exact) mass is 310 g/mol. The van der Waals surface area contributed by atoms with Gasteiger partial charge in [-0.2, -0.15) is 4.31 Å². The summed E-state index contributed by atoms with van der Waals surface area (Å²) in [5.41, 5.74) is 6.98. The van der Waals surface area contributed by atoms with Crippen LogP contribution >= 0.6 is 0 Å². The summed E-state index contributed by atoms with van der Waals surface area (Å²) in [6, 6.07) is 7.25. The predicted molar refractivity (Wildman–Crippen MR) is 85.6 cm³/mol. The predicted octanol–water partition coefficient (Wildman–Crippen LogP) is 2.53. The van der Waals surface area contributed by atoms with Gasteiger partial charge in [-0.05, 0) is 37.0 Å². The molecule has 1 fully saturated rings. The SMILES string of the molecule is CCCc1ccc(S(=O)(=O)N2CCCCCC2CN)cc1. The van der Waals surface area contributed by atoms with E-state index in [9.17, 15) is 8.42 Å². The molecular weight excluding hydrogens is 284 g/mol. The van der Waals surface area contributed by atoms with Crippen LogP contribution in [0.4, 0.5) is 0 Å². The van der Waals surface area contributed by atoms with E-state index in [2.05, 4.69) is 6.92 Å². The van der Waals surface area contributed by atoms with Crippen molar-refractivity contribution in [2.45, 2.75) is 56.4 Å². The molecule has 0 aliphatic carbocycles. The van der Waals surface area contributed by atoms with E-state index >= 15 is 0 Å². The molecule has 4 nitrogen and oxygen atoms in total. The second-order valence-corrected chi connectivity index (χ2v) is 7.64. The number of aryl methyl sites for hydroxylation is 1. The van der Waals surface area contributed by atoms with Crippen molar-refractivity contribution in [2.75, 3.05) is 13.1 Å². The Morgan fingerprint density at radius 2 is 1.90 bits per heavy atom. The fourth-order valence-electron chi connectivity index (χ4n) is 2.95.